The molecule has 0 spiro atoms. The third-order valence-corrected chi connectivity index (χ3v) is 7.36. The van der Waals surface area contributed by atoms with Crippen LogP contribution in [0.4, 0.5) is 0 Å². The minimum Gasteiger partial charge on any atom is -0.493 e. The molecule has 1 aliphatic carbocycles. The molecule has 1 fully saturated rings. The van der Waals surface area contributed by atoms with Crippen LogP contribution in [0.3, 0.4) is 0 Å². The summed E-state index contributed by atoms with van der Waals surface area (Å²) in [5.74, 6) is 1.21. The standard InChI is InChI=1S/C22H26ClNO3S/c1-15-9-16(14-27-21-5-7-22(8-6-21)28(2,25)26)13-24(15)20-11-17-3-4-19(23)10-18(17)12-20/h3-8,10,15-16,20H,9,11-14H2,1-2H3/t15-,16+,20?/m1/s1. The molecule has 0 N–H and O–H groups in total. The summed E-state index contributed by atoms with van der Waals surface area (Å²) < 4.78 is 29.1. The fraction of sp³-hybridized carbons (Fsp3) is 0.455. The van der Waals surface area contributed by atoms with Crippen molar-refractivity contribution in [3.8, 4) is 5.75 Å². The van der Waals surface area contributed by atoms with Gasteiger partial charge < -0.3 is 4.74 Å². The van der Waals surface area contributed by atoms with Crippen LogP contribution in [0.1, 0.15) is 24.5 Å². The molecule has 4 rings (SSSR count). The van der Waals surface area contributed by atoms with Gasteiger partial charge >= 0.3 is 0 Å². The lowest BCUT2D eigenvalue weighted by Crippen LogP contribution is -2.38. The molecule has 0 aromatic heterocycles. The molecule has 0 amide bonds. The predicted molar refractivity (Wildman–Crippen MR) is 112 cm³/mol. The Morgan fingerprint density at radius 3 is 2.54 bits per heavy atom. The van der Waals surface area contributed by atoms with Gasteiger partial charge in [-0.05, 0) is 73.7 Å². The first-order chi connectivity index (χ1) is 13.3. The van der Waals surface area contributed by atoms with Gasteiger partial charge in [-0.2, -0.15) is 0 Å². The third kappa shape index (κ3) is 4.22. The summed E-state index contributed by atoms with van der Waals surface area (Å²) in [4.78, 5) is 2.94. The molecule has 150 valence electrons. The van der Waals surface area contributed by atoms with Crippen molar-refractivity contribution in [1.82, 2.24) is 4.90 Å². The second-order valence-corrected chi connectivity index (χ2v) is 10.6. The van der Waals surface area contributed by atoms with Crippen molar-refractivity contribution in [2.24, 2.45) is 5.92 Å². The highest BCUT2D eigenvalue weighted by Crippen LogP contribution is 2.34. The van der Waals surface area contributed by atoms with Crippen molar-refractivity contribution >= 4 is 21.4 Å². The Bertz CT molecular complexity index is 958. The Balaban J connectivity index is 1.33. The zero-order chi connectivity index (χ0) is 19.9. The molecule has 0 bridgehead atoms. The Morgan fingerprint density at radius 2 is 1.82 bits per heavy atom. The zero-order valence-corrected chi connectivity index (χ0v) is 17.8. The van der Waals surface area contributed by atoms with Crippen molar-refractivity contribution < 1.29 is 13.2 Å². The smallest absolute Gasteiger partial charge is 0.175 e. The van der Waals surface area contributed by atoms with Gasteiger partial charge in [0.05, 0.1) is 11.5 Å². The summed E-state index contributed by atoms with van der Waals surface area (Å²) in [5, 5.41) is 0.821. The van der Waals surface area contributed by atoms with Crippen molar-refractivity contribution in [2.75, 3.05) is 19.4 Å². The zero-order valence-electron chi connectivity index (χ0n) is 16.3. The lowest BCUT2D eigenvalue weighted by molar-refractivity contribution is 0.182. The molecule has 1 saturated heterocycles. The SMILES string of the molecule is C[C@@H]1C[C@H](COc2ccc(S(C)(=O)=O)cc2)CN1C1Cc2ccc(Cl)cc2C1. The molecule has 2 aromatic rings. The van der Waals surface area contributed by atoms with Crippen LogP contribution in [-0.4, -0.2) is 44.8 Å². The molecule has 0 radical (unpaired) electrons. The second-order valence-electron chi connectivity index (χ2n) is 8.18. The van der Waals surface area contributed by atoms with Gasteiger partial charge in [-0.3, -0.25) is 4.90 Å². The van der Waals surface area contributed by atoms with Crippen molar-refractivity contribution in [3.63, 3.8) is 0 Å². The topological polar surface area (TPSA) is 46.6 Å². The summed E-state index contributed by atoms with van der Waals surface area (Å²) in [7, 11) is -3.17. The van der Waals surface area contributed by atoms with E-state index in [1.54, 1.807) is 24.3 Å². The van der Waals surface area contributed by atoms with Crippen molar-refractivity contribution in [2.45, 2.75) is 43.2 Å². The van der Waals surface area contributed by atoms with Gasteiger partial charge in [0.2, 0.25) is 0 Å². The van der Waals surface area contributed by atoms with Crippen LogP contribution in [0.25, 0.3) is 0 Å². The van der Waals surface area contributed by atoms with Crippen LogP contribution >= 0.6 is 11.6 Å². The number of hydrogen-bond donors (Lipinski definition) is 0. The van der Waals surface area contributed by atoms with E-state index in [1.807, 2.05) is 6.07 Å². The molecular weight excluding hydrogens is 394 g/mol. The molecule has 1 heterocycles. The Hall–Kier alpha value is -1.56. The fourth-order valence-corrected chi connectivity index (χ4v) is 5.42. The number of ether oxygens (including phenoxy) is 1. The number of hydrogen-bond acceptors (Lipinski definition) is 4. The van der Waals surface area contributed by atoms with E-state index in [0.29, 0.717) is 29.5 Å². The van der Waals surface area contributed by atoms with E-state index >= 15 is 0 Å². The fourth-order valence-electron chi connectivity index (χ4n) is 4.60. The highest BCUT2D eigenvalue weighted by molar-refractivity contribution is 7.90. The Kier molecular flexibility index (Phi) is 5.43. The lowest BCUT2D eigenvalue weighted by atomic mass is 10.1. The van der Waals surface area contributed by atoms with Gasteiger partial charge in [-0.25, -0.2) is 8.42 Å². The van der Waals surface area contributed by atoms with E-state index in [9.17, 15) is 8.42 Å². The molecule has 28 heavy (non-hydrogen) atoms. The van der Waals surface area contributed by atoms with Gasteiger partial charge in [0.1, 0.15) is 5.75 Å². The lowest BCUT2D eigenvalue weighted by Gasteiger charge is -2.28. The molecule has 0 saturated carbocycles. The molecule has 3 atom stereocenters. The van der Waals surface area contributed by atoms with Crippen LogP contribution in [0.2, 0.25) is 5.02 Å². The maximum absolute atomic E-state index is 11.6. The normalized spacial score (nSPS) is 25.0. The molecule has 1 aliphatic heterocycles. The first-order valence-corrected chi connectivity index (χ1v) is 12.0. The van der Waals surface area contributed by atoms with E-state index in [0.717, 1.165) is 36.6 Å². The molecule has 1 unspecified atom stereocenters. The quantitative estimate of drug-likeness (QED) is 0.734. The molecule has 2 aromatic carbocycles. The average molecular weight is 420 g/mol. The highest BCUT2D eigenvalue weighted by Gasteiger charge is 2.36. The van der Waals surface area contributed by atoms with E-state index in [-0.39, 0.29) is 0 Å². The number of benzene rings is 2. The maximum atomic E-state index is 11.6. The minimum atomic E-state index is -3.17. The minimum absolute atomic E-state index is 0.321. The number of rotatable bonds is 5. The number of halogens is 1. The van der Waals surface area contributed by atoms with Gasteiger partial charge in [0.15, 0.2) is 9.84 Å². The summed E-state index contributed by atoms with van der Waals surface area (Å²) in [6.07, 6.45) is 4.50. The first-order valence-electron chi connectivity index (χ1n) is 9.75. The average Bonchev–Trinajstić information content (AvgIpc) is 3.22. The number of fused-ring (bicyclic) bond motifs is 1. The highest BCUT2D eigenvalue weighted by atomic mass is 35.5. The summed E-state index contributed by atoms with van der Waals surface area (Å²) in [6, 6.07) is 14.0. The van der Waals surface area contributed by atoms with Crippen LogP contribution in [-0.2, 0) is 22.7 Å². The monoisotopic (exact) mass is 419 g/mol. The van der Waals surface area contributed by atoms with Crippen LogP contribution < -0.4 is 4.74 Å². The van der Waals surface area contributed by atoms with Crippen molar-refractivity contribution in [3.05, 3.63) is 58.6 Å². The van der Waals surface area contributed by atoms with Crippen LogP contribution in [0, 0.1) is 5.92 Å². The predicted octanol–water partition coefficient (Wildman–Crippen LogP) is 4.00. The number of nitrogens with zero attached hydrogens (tertiary/aromatic N) is 1. The molecule has 4 nitrogen and oxygen atoms in total. The molecular formula is C22H26ClNO3S. The van der Waals surface area contributed by atoms with E-state index in [4.69, 9.17) is 16.3 Å². The summed E-state index contributed by atoms with van der Waals surface area (Å²) in [6.45, 7) is 4.00. The van der Waals surface area contributed by atoms with Crippen LogP contribution in [0.15, 0.2) is 47.4 Å². The molecule has 2 aliphatic rings. The largest absolute Gasteiger partial charge is 0.493 e. The number of likely N-dealkylation sites (tertiary alicyclic amines) is 1. The number of sulfone groups is 1. The van der Waals surface area contributed by atoms with Crippen LogP contribution in [0.5, 0.6) is 5.75 Å². The van der Waals surface area contributed by atoms with E-state index < -0.39 is 9.84 Å². The van der Waals surface area contributed by atoms with Gasteiger partial charge in [-0.1, -0.05) is 17.7 Å². The molecule has 6 heteroatoms. The van der Waals surface area contributed by atoms with Gasteiger partial charge in [0, 0.05) is 35.8 Å². The second kappa shape index (κ2) is 7.69. The maximum Gasteiger partial charge on any atom is 0.175 e. The van der Waals surface area contributed by atoms with Gasteiger partial charge in [0.25, 0.3) is 0 Å². The third-order valence-electron chi connectivity index (χ3n) is 6.00. The summed E-state index contributed by atoms with van der Waals surface area (Å²) in [5.41, 5.74) is 2.81. The Labute approximate surface area is 172 Å². The summed E-state index contributed by atoms with van der Waals surface area (Å²) >= 11 is 6.15. The first kappa shape index (κ1) is 19.7. The van der Waals surface area contributed by atoms with Gasteiger partial charge in [-0.15, -0.1) is 0 Å². The van der Waals surface area contributed by atoms with E-state index in [2.05, 4.69) is 24.0 Å². The van der Waals surface area contributed by atoms with Crippen molar-refractivity contribution in [1.29, 1.82) is 0 Å². The van der Waals surface area contributed by atoms with E-state index in [1.165, 1.54) is 17.4 Å². The Morgan fingerprint density at radius 1 is 1.11 bits per heavy atom.